The minimum Gasteiger partial charge on any atom is -0.481 e. The van der Waals surface area contributed by atoms with Gasteiger partial charge in [0.1, 0.15) is 0 Å². The molecule has 2 rings (SSSR count). The average molecular weight is 280 g/mol. The second kappa shape index (κ2) is 5.45. The van der Waals surface area contributed by atoms with Crippen molar-refractivity contribution < 1.29 is 14.1 Å². The first-order chi connectivity index (χ1) is 8.88. The van der Waals surface area contributed by atoms with Gasteiger partial charge in [0, 0.05) is 22.3 Å². The van der Waals surface area contributed by atoms with E-state index in [-0.39, 0.29) is 11.8 Å². The number of rotatable bonds is 6. The maximum absolute atomic E-state index is 12.2. The fourth-order valence-corrected chi connectivity index (χ4v) is 4.31. The molecule has 1 N–H and O–H groups in total. The van der Waals surface area contributed by atoms with Crippen LogP contribution < -0.4 is 0 Å². The molecule has 0 aliphatic heterocycles. The molecule has 1 fully saturated rings. The van der Waals surface area contributed by atoms with E-state index in [1.165, 1.54) is 11.1 Å². The van der Waals surface area contributed by atoms with Crippen molar-refractivity contribution in [3.63, 3.8) is 0 Å². The molecule has 0 spiro atoms. The van der Waals surface area contributed by atoms with Crippen molar-refractivity contribution in [3.8, 4) is 0 Å². The molecule has 0 saturated heterocycles. The van der Waals surface area contributed by atoms with Crippen molar-refractivity contribution in [2.45, 2.75) is 38.9 Å². The summed E-state index contributed by atoms with van der Waals surface area (Å²) in [5.74, 6) is 0.275. The first-order valence-corrected chi connectivity index (χ1v) is 8.01. The summed E-state index contributed by atoms with van der Waals surface area (Å²) in [6, 6.07) is 6.21. The summed E-state index contributed by atoms with van der Waals surface area (Å²) in [6.07, 6.45) is 1.96. The minimum absolute atomic E-state index is 0.158. The van der Waals surface area contributed by atoms with Crippen molar-refractivity contribution in [2.24, 2.45) is 5.41 Å². The number of carboxylic acid groups (broad SMARTS) is 1. The molecule has 1 aliphatic rings. The lowest BCUT2D eigenvalue weighted by Gasteiger charge is -2.12. The highest BCUT2D eigenvalue weighted by Crippen LogP contribution is 2.49. The van der Waals surface area contributed by atoms with Crippen molar-refractivity contribution in [2.75, 3.05) is 5.75 Å². The first kappa shape index (κ1) is 14.3. The van der Waals surface area contributed by atoms with Gasteiger partial charge in [0.25, 0.3) is 0 Å². The Kier molecular flexibility index (Phi) is 4.09. The highest BCUT2D eigenvalue weighted by atomic mass is 32.2. The van der Waals surface area contributed by atoms with Gasteiger partial charge < -0.3 is 5.11 Å². The Labute approximate surface area is 116 Å². The van der Waals surface area contributed by atoms with Gasteiger partial charge in [-0.15, -0.1) is 0 Å². The molecule has 1 atom stereocenters. The van der Waals surface area contributed by atoms with Gasteiger partial charge in [0.05, 0.1) is 6.42 Å². The second-order valence-electron chi connectivity index (χ2n) is 5.79. The summed E-state index contributed by atoms with van der Waals surface area (Å²) in [5.41, 5.74) is 3.26. The van der Waals surface area contributed by atoms with E-state index in [4.69, 9.17) is 5.11 Å². The van der Waals surface area contributed by atoms with E-state index in [2.05, 4.69) is 18.2 Å². The Morgan fingerprint density at radius 2 is 1.84 bits per heavy atom. The molecule has 0 aromatic heterocycles. The van der Waals surface area contributed by atoms with Crippen LogP contribution in [0.5, 0.6) is 0 Å². The lowest BCUT2D eigenvalue weighted by Crippen LogP contribution is -2.17. The smallest absolute Gasteiger partial charge is 0.303 e. The fraction of sp³-hybridized carbons (Fsp3) is 0.533. The summed E-state index contributed by atoms with van der Waals surface area (Å²) in [6.45, 7) is 4.07. The molecule has 1 aromatic rings. The molecule has 1 aromatic carbocycles. The third-order valence-corrected chi connectivity index (χ3v) is 5.15. The molecule has 0 amide bonds. The molecular weight excluding hydrogens is 260 g/mol. The van der Waals surface area contributed by atoms with Gasteiger partial charge in [-0.1, -0.05) is 29.3 Å². The highest BCUT2D eigenvalue weighted by molar-refractivity contribution is 7.84. The fourth-order valence-electron chi connectivity index (χ4n) is 2.60. The summed E-state index contributed by atoms with van der Waals surface area (Å²) >= 11 is 0. The third-order valence-electron chi connectivity index (χ3n) is 3.56. The van der Waals surface area contributed by atoms with Crippen LogP contribution in [0.25, 0.3) is 0 Å². The topological polar surface area (TPSA) is 54.4 Å². The van der Waals surface area contributed by atoms with Gasteiger partial charge >= 0.3 is 5.97 Å². The monoisotopic (exact) mass is 280 g/mol. The van der Waals surface area contributed by atoms with E-state index in [1.54, 1.807) is 0 Å². The molecular formula is C15H20O3S. The Bertz CT molecular complexity index is 498. The lowest BCUT2D eigenvalue weighted by molar-refractivity contribution is -0.138. The zero-order valence-corrected chi connectivity index (χ0v) is 12.3. The summed E-state index contributed by atoms with van der Waals surface area (Å²) in [5, 5.41) is 8.87. The molecule has 0 radical (unpaired) electrons. The van der Waals surface area contributed by atoms with Crippen molar-refractivity contribution >= 4 is 16.8 Å². The van der Waals surface area contributed by atoms with E-state index in [0.717, 1.165) is 18.4 Å². The standard InChI is InChI=1S/C15H20O3S/c1-11-5-12(2)7-13(6-11)9-19(18)10-15(3-4-15)8-14(16)17/h5-7H,3-4,8-10H2,1-2H3,(H,16,17). The molecule has 19 heavy (non-hydrogen) atoms. The quantitative estimate of drug-likeness (QED) is 0.871. The van der Waals surface area contributed by atoms with Crippen LogP contribution in [0.4, 0.5) is 0 Å². The van der Waals surface area contributed by atoms with Crippen molar-refractivity contribution in [1.29, 1.82) is 0 Å². The average Bonchev–Trinajstić information content (AvgIpc) is 2.93. The number of carboxylic acids is 1. The number of aliphatic carboxylic acids is 1. The van der Waals surface area contributed by atoms with Crippen LogP contribution in [0.15, 0.2) is 18.2 Å². The largest absolute Gasteiger partial charge is 0.481 e. The van der Waals surface area contributed by atoms with Crippen molar-refractivity contribution in [3.05, 3.63) is 34.9 Å². The zero-order valence-electron chi connectivity index (χ0n) is 11.4. The molecule has 1 aliphatic carbocycles. The van der Waals surface area contributed by atoms with Crippen LogP contribution in [-0.2, 0) is 21.3 Å². The molecule has 3 nitrogen and oxygen atoms in total. The van der Waals surface area contributed by atoms with E-state index in [0.29, 0.717) is 11.5 Å². The number of aryl methyl sites for hydroxylation is 2. The number of benzene rings is 1. The van der Waals surface area contributed by atoms with Crippen LogP contribution >= 0.6 is 0 Å². The Morgan fingerprint density at radius 1 is 1.26 bits per heavy atom. The maximum Gasteiger partial charge on any atom is 0.303 e. The summed E-state index contributed by atoms with van der Waals surface area (Å²) in [7, 11) is -0.974. The summed E-state index contributed by atoms with van der Waals surface area (Å²) < 4.78 is 12.2. The molecule has 0 heterocycles. The van der Waals surface area contributed by atoms with Gasteiger partial charge in [-0.2, -0.15) is 0 Å². The van der Waals surface area contributed by atoms with E-state index >= 15 is 0 Å². The van der Waals surface area contributed by atoms with E-state index in [9.17, 15) is 9.00 Å². The zero-order chi connectivity index (χ0) is 14.0. The van der Waals surface area contributed by atoms with E-state index < -0.39 is 16.8 Å². The molecule has 4 heteroatoms. The third kappa shape index (κ3) is 4.16. The van der Waals surface area contributed by atoms with Crippen LogP contribution in [-0.4, -0.2) is 21.0 Å². The van der Waals surface area contributed by atoms with Gasteiger partial charge in [-0.05, 0) is 37.7 Å². The highest BCUT2D eigenvalue weighted by Gasteiger charge is 2.45. The number of carbonyl (C=O) groups is 1. The predicted molar refractivity (Wildman–Crippen MR) is 76.5 cm³/mol. The van der Waals surface area contributed by atoms with E-state index in [1.807, 2.05) is 13.8 Å². The number of hydrogen-bond donors (Lipinski definition) is 1. The molecule has 104 valence electrons. The minimum atomic E-state index is -0.974. The van der Waals surface area contributed by atoms with Gasteiger partial charge in [-0.25, -0.2) is 0 Å². The maximum atomic E-state index is 12.2. The lowest BCUT2D eigenvalue weighted by atomic mass is 10.1. The normalized spacial score (nSPS) is 18.0. The summed E-state index contributed by atoms with van der Waals surface area (Å²) in [4.78, 5) is 10.8. The number of hydrogen-bond acceptors (Lipinski definition) is 2. The molecule has 0 bridgehead atoms. The Hall–Kier alpha value is -1.16. The molecule has 1 unspecified atom stereocenters. The van der Waals surface area contributed by atoms with Gasteiger partial charge in [0.15, 0.2) is 0 Å². The van der Waals surface area contributed by atoms with Crippen LogP contribution in [0.3, 0.4) is 0 Å². The van der Waals surface area contributed by atoms with Gasteiger partial charge in [-0.3, -0.25) is 9.00 Å². The van der Waals surface area contributed by atoms with Crippen LogP contribution in [0, 0.1) is 19.3 Å². The Balaban J connectivity index is 1.96. The first-order valence-electron chi connectivity index (χ1n) is 6.53. The van der Waals surface area contributed by atoms with Crippen LogP contribution in [0.2, 0.25) is 0 Å². The molecule has 1 saturated carbocycles. The second-order valence-corrected chi connectivity index (χ2v) is 7.25. The Morgan fingerprint density at radius 3 is 2.32 bits per heavy atom. The predicted octanol–water partition coefficient (Wildman–Crippen LogP) is 2.81. The van der Waals surface area contributed by atoms with Crippen molar-refractivity contribution in [1.82, 2.24) is 0 Å². The SMILES string of the molecule is Cc1cc(C)cc(CS(=O)CC2(CC(=O)O)CC2)c1. The van der Waals surface area contributed by atoms with Gasteiger partial charge in [0.2, 0.25) is 0 Å². The van der Waals surface area contributed by atoms with Crippen LogP contribution in [0.1, 0.15) is 36.0 Å².